The molecule has 1 saturated carbocycles. The molecule has 0 aromatic rings. The van der Waals surface area contributed by atoms with Gasteiger partial charge >= 0.3 is 0 Å². The van der Waals surface area contributed by atoms with E-state index in [1.807, 2.05) is 0 Å². The second-order valence-corrected chi connectivity index (χ2v) is 6.76. The van der Waals surface area contributed by atoms with Gasteiger partial charge < -0.3 is 15.5 Å². The Balaban J connectivity index is 2.49. The van der Waals surface area contributed by atoms with E-state index in [1.54, 1.807) is 0 Å². The van der Waals surface area contributed by atoms with Crippen LogP contribution < -0.4 is 10.6 Å². The van der Waals surface area contributed by atoms with Crippen LogP contribution in [0.15, 0.2) is 0 Å². The molecule has 1 amide bonds. The van der Waals surface area contributed by atoms with E-state index >= 15 is 0 Å². The standard InChI is InChI=1S/C16H33N3O/c1-6-17-14(3)10-15(20)18-12-16(19(4)5)9-7-8-13(2)11-16/h13-14,17H,6-12H2,1-5H3,(H,18,20). The first-order chi connectivity index (χ1) is 9.39. The molecule has 20 heavy (non-hydrogen) atoms. The fourth-order valence-corrected chi connectivity index (χ4v) is 3.39. The molecule has 3 atom stereocenters. The molecule has 4 nitrogen and oxygen atoms in total. The molecule has 3 unspecified atom stereocenters. The Bertz CT molecular complexity index is 306. The molecular weight excluding hydrogens is 250 g/mol. The predicted octanol–water partition coefficient (Wildman–Crippen LogP) is 2.00. The minimum Gasteiger partial charge on any atom is -0.354 e. The van der Waals surface area contributed by atoms with Crippen molar-refractivity contribution in [1.82, 2.24) is 15.5 Å². The zero-order chi connectivity index (χ0) is 15.2. The molecule has 1 aliphatic rings. The van der Waals surface area contributed by atoms with Gasteiger partial charge in [0.15, 0.2) is 0 Å². The van der Waals surface area contributed by atoms with E-state index < -0.39 is 0 Å². The molecule has 4 heteroatoms. The zero-order valence-electron chi connectivity index (χ0n) is 14.0. The van der Waals surface area contributed by atoms with Gasteiger partial charge in [0.1, 0.15) is 0 Å². The highest BCUT2D eigenvalue weighted by Gasteiger charge is 2.37. The lowest BCUT2D eigenvalue weighted by atomic mass is 9.75. The third-order valence-electron chi connectivity index (χ3n) is 4.67. The Kier molecular flexibility index (Phi) is 6.96. The summed E-state index contributed by atoms with van der Waals surface area (Å²) in [5.41, 5.74) is 0.148. The van der Waals surface area contributed by atoms with E-state index in [0.717, 1.165) is 19.0 Å². The third-order valence-corrected chi connectivity index (χ3v) is 4.67. The van der Waals surface area contributed by atoms with Gasteiger partial charge in [0, 0.05) is 24.5 Å². The zero-order valence-corrected chi connectivity index (χ0v) is 14.0. The van der Waals surface area contributed by atoms with Crippen molar-refractivity contribution in [2.75, 3.05) is 27.2 Å². The van der Waals surface area contributed by atoms with Crippen molar-refractivity contribution < 1.29 is 4.79 Å². The maximum Gasteiger partial charge on any atom is 0.221 e. The van der Waals surface area contributed by atoms with Crippen LogP contribution >= 0.6 is 0 Å². The van der Waals surface area contributed by atoms with Crippen LogP contribution in [0.1, 0.15) is 52.9 Å². The summed E-state index contributed by atoms with van der Waals surface area (Å²) in [6.07, 6.45) is 5.52. The number of likely N-dealkylation sites (N-methyl/N-ethyl adjacent to an activating group) is 1. The molecule has 0 heterocycles. The highest BCUT2D eigenvalue weighted by atomic mass is 16.1. The molecule has 1 fully saturated rings. The lowest BCUT2D eigenvalue weighted by Crippen LogP contribution is -2.55. The fourth-order valence-electron chi connectivity index (χ4n) is 3.39. The van der Waals surface area contributed by atoms with Crippen LogP contribution in [0.2, 0.25) is 0 Å². The first-order valence-electron chi connectivity index (χ1n) is 8.07. The van der Waals surface area contributed by atoms with Crippen molar-refractivity contribution in [3.05, 3.63) is 0 Å². The van der Waals surface area contributed by atoms with E-state index in [2.05, 4.69) is 50.4 Å². The summed E-state index contributed by atoms with van der Waals surface area (Å²) in [5, 5.41) is 6.45. The van der Waals surface area contributed by atoms with Crippen molar-refractivity contribution >= 4 is 5.91 Å². The molecule has 0 radical (unpaired) electrons. The van der Waals surface area contributed by atoms with Crippen LogP contribution in [-0.2, 0) is 4.79 Å². The van der Waals surface area contributed by atoms with Gasteiger partial charge in [-0.05, 0) is 46.3 Å². The Morgan fingerprint density at radius 1 is 1.45 bits per heavy atom. The van der Waals surface area contributed by atoms with Gasteiger partial charge in [-0.3, -0.25) is 4.79 Å². The lowest BCUT2D eigenvalue weighted by Gasteiger charge is -2.45. The second-order valence-electron chi connectivity index (χ2n) is 6.76. The number of hydrogen-bond acceptors (Lipinski definition) is 3. The summed E-state index contributed by atoms with van der Waals surface area (Å²) in [4.78, 5) is 14.4. The van der Waals surface area contributed by atoms with Crippen LogP contribution in [0.25, 0.3) is 0 Å². The Morgan fingerprint density at radius 2 is 2.15 bits per heavy atom. The third kappa shape index (κ3) is 5.06. The number of amides is 1. The molecule has 0 spiro atoms. The Labute approximate surface area is 124 Å². The Hall–Kier alpha value is -0.610. The van der Waals surface area contributed by atoms with E-state index in [9.17, 15) is 4.79 Å². The van der Waals surface area contributed by atoms with Crippen LogP contribution in [-0.4, -0.2) is 49.6 Å². The summed E-state index contributed by atoms with van der Waals surface area (Å²) >= 11 is 0. The minimum atomic E-state index is 0.148. The van der Waals surface area contributed by atoms with Crippen molar-refractivity contribution in [2.45, 2.75) is 64.5 Å². The molecule has 1 aliphatic carbocycles. The van der Waals surface area contributed by atoms with Crippen molar-refractivity contribution in [2.24, 2.45) is 5.92 Å². The molecule has 0 aromatic carbocycles. The van der Waals surface area contributed by atoms with Gasteiger partial charge in [-0.2, -0.15) is 0 Å². The first-order valence-corrected chi connectivity index (χ1v) is 8.07. The number of nitrogens with one attached hydrogen (secondary N) is 2. The van der Waals surface area contributed by atoms with Gasteiger partial charge in [0.25, 0.3) is 0 Å². The minimum absolute atomic E-state index is 0.148. The number of rotatable bonds is 7. The van der Waals surface area contributed by atoms with Crippen LogP contribution in [0.3, 0.4) is 0 Å². The van der Waals surface area contributed by atoms with Crippen LogP contribution in [0, 0.1) is 5.92 Å². The Morgan fingerprint density at radius 3 is 2.70 bits per heavy atom. The molecule has 0 aromatic heterocycles. The largest absolute Gasteiger partial charge is 0.354 e. The highest BCUT2D eigenvalue weighted by Crippen LogP contribution is 2.35. The monoisotopic (exact) mass is 283 g/mol. The first kappa shape index (κ1) is 17.4. The molecule has 0 bridgehead atoms. The smallest absolute Gasteiger partial charge is 0.221 e. The molecule has 0 aliphatic heterocycles. The van der Waals surface area contributed by atoms with Gasteiger partial charge in [-0.25, -0.2) is 0 Å². The van der Waals surface area contributed by atoms with E-state index in [0.29, 0.717) is 6.42 Å². The van der Waals surface area contributed by atoms with E-state index in [-0.39, 0.29) is 17.5 Å². The summed E-state index contributed by atoms with van der Waals surface area (Å²) in [6, 6.07) is 0.251. The van der Waals surface area contributed by atoms with Gasteiger partial charge in [0.05, 0.1) is 0 Å². The van der Waals surface area contributed by atoms with E-state index in [4.69, 9.17) is 0 Å². The molecule has 1 rings (SSSR count). The summed E-state index contributed by atoms with van der Waals surface area (Å²) < 4.78 is 0. The average Bonchev–Trinajstić information content (AvgIpc) is 2.36. The van der Waals surface area contributed by atoms with Gasteiger partial charge in [-0.1, -0.05) is 26.7 Å². The fraction of sp³-hybridized carbons (Fsp3) is 0.938. The summed E-state index contributed by atoms with van der Waals surface area (Å²) in [7, 11) is 4.29. The number of carbonyl (C=O) groups excluding carboxylic acids is 1. The summed E-state index contributed by atoms with van der Waals surface area (Å²) in [5.74, 6) is 0.918. The lowest BCUT2D eigenvalue weighted by molar-refractivity contribution is -0.122. The summed E-state index contributed by atoms with van der Waals surface area (Å²) in [6.45, 7) is 8.15. The average molecular weight is 283 g/mol. The quantitative estimate of drug-likeness (QED) is 0.751. The normalized spacial score (nSPS) is 28.4. The number of carbonyl (C=O) groups is 1. The highest BCUT2D eigenvalue weighted by molar-refractivity contribution is 5.76. The van der Waals surface area contributed by atoms with Crippen molar-refractivity contribution in [3.8, 4) is 0 Å². The maximum atomic E-state index is 12.0. The SMILES string of the molecule is CCNC(C)CC(=O)NCC1(N(C)C)CCCC(C)C1. The molecule has 0 saturated heterocycles. The topological polar surface area (TPSA) is 44.4 Å². The van der Waals surface area contributed by atoms with Gasteiger partial charge in [0.2, 0.25) is 5.91 Å². The van der Waals surface area contributed by atoms with Crippen molar-refractivity contribution in [3.63, 3.8) is 0 Å². The van der Waals surface area contributed by atoms with Crippen molar-refractivity contribution in [1.29, 1.82) is 0 Å². The second kappa shape index (κ2) is 7.99. The molecule has 118 valence electrons. The predicted molar refractivity (Wildman–Crippen MR) is 84.8 cm³/mol. The number of nitrogens with zero attached hydrogens (tertiary/aromatic N) is 1. The van der Waals surface area contributed by atoms with Crippen LogP contribution in [0.5, 0.6) is 0 Å². The van der Waals surface area contributed by atoms with E-state index in [1.165, 1.54) is 25.7 Å². The number of hydrogen-bond donors (Lipinski definition) is 2. The van der Waals surface area contributed by atoms with Crippen LogP contribution in [0.4, 0.5) is 0 Å². The maximum absolute atomic E-state index is 12.0. The molecular formula is C16H33N3O. The van der Waals surface area contributed by atoms with Gasteiger partial charge in [-0.15, -0.1) is 0 Å². The molecule has 2 N–H and O–H groups in total.